The van der Waals surface area contributed by atoms with Crippen molar-refractivity contribution in [3.8, 4) is 5.75 Å². The third-order valence-corrected chi connectivity index (χ3v) is 5.19. The smallest absolute Gasteiger partial charge is 0.296 e. The van der Waals surface area contributed by atoms with Gasteiger partial charge in [-0.2, -0.15) is 0 Å². The molecule has 0 saturated carbocycles. The van der Waals surface area contributed by atoms with Gasteiger partial charge in [0.15, 0.2) is 12.4 Å². The van der Waals surface area contributed by atoms with E-state index in [0.29, 0.717) is 30.2 Å². The van der Waals surface area contributed by atoms with Gasteiger partial charge >= 0.3 is 0 Å². The van der Waals surface area contributed by atoms with E-state index in [1.54, 1.807) is 12.4 Å². The van der Waals surface area contributed by atoms with Gasteiger partial charge in [-0.1, -0.05) is 0 Å². The molecule has 1 aromatic heterocycles. The number of carbonyl (C=O) groups excluding carboxylic acids is 1. The van der Waals surface area contributed by atoms with Crippen molar-refractivity contribution in [2.24, 2.45) is 0 Å². The standard InChI is InChI=1S/C18H22N6O4/c1-11(2)23-10-19-21-18(23)12-4-3-5-22(8-12)14-6-13-16(7-15(14)24(26)27)28-9-17(25)20-13/h6-7,10-12H,3-5,8-9H2,1-2H3,(H,20,25). The number of piperidine rings is 1. The van der Waals surface area contributed by atoms with E-state index < -0.39 is 4.92 Å². The molecule has 4 rings (SSSR count). The predicted molar refractivity (Wildman–Crippen MR) is 102 cm³/mol. The molecule has 0 aliphatic carbocycles. The van der Waals surface area contributed by atoms with Gasteiger partial charge in [0, 0.05) is 25.0 Å². The van der Waals surface area contributed by atoms with Crippen molar-refractivity contribution in [3.63, 3.8) is 0 Å². The van der Waals surface area contributed by atoms with Gasteiger partial charge in [-0.3, -0.25) is 14.9 Å². The number of ether oxygens (including phenoxy) is 1. The lowest BCUT2D eigenvalue weighted by atomic mass is 9.96. The fourth-order valence-electron chi connectivity index (χ4n) is 3.85. The second kappa shape index (κ2) is 7.10. The number of hydrogen-bond acceptors (Lipinski definition) is 7. The molecule has 10 nitrogen and oxygen atoms in total. The maximum Gasteiger partial charge on any atom is 0.296 e. The minimum Gasteiger partial charge on any atom is -0.481 e. The van der Waals surface area contributed by atoms with Crippen LogP contribution in [0.15, 0.2) is 18.5 Å². The van der Waals surface area contributed by atoms with E-state index in [1.807, 2.05) is 9.47 Å². The van der Waals surface area contributed by atoms with Crippen molar-refractivity contribution in [1.29, 1.82) is 0 Å². The summed E-state index contributed by atoms with van der Waals surface area (Å²) in [5, 5.41) is 22.8. The number of nitro groups is 1. The highest BCUT2D eigenvalue weighted by Gasteiger charge is 2.31. The molecule has 0 radical (unpaired) electrons. The number of benzene rings is 1. The first-order valence-electron chi connectivity index (χ1n) is 9.33. The minimum absolute atomic E-state index is 0.0270. The van der Waals surface area contributed by atoms with Crippen molar-refractivity contribution in [1.82, 2.24) is 14.8 Å². The van der Waals surface area contributed by atoms with Crippen LogP contribution in [0.5, 0.6) is 5.75 Å². The molecule has 3 heterocycles. The average Bonchev–Trinajstić information content (AvgIpc) is 3.17. The number of anilines is 2. The Hall–Kier alpha value is -3.17. The number of hydrogen-bond donors (Lipinski definition) is 1. The molecular formula is C18H22N6O4. The Bertz CT molecular complexity index is 925. The van der Waals surface area contributed by atoms with Crippen LogP contribution in [0.3, 0.4) is 0 Å². The molecule has 1 amide bonds. The highest BCUT2D eigenvalue weighted by molar-refractivity contribution is 5.97. The van der Waals surface area contributed by atoms with Gasteiger partial charge < -0.3 is 19.5 Å². The van der Waals surface area contributed by atoms with Gasteiger partial charge in [0.2, 0.25) is 0 Å². The van der Waals surface area contributed by atoms with Gasteiger partial charge in [-0.05, 0) is 32.8 Å². The summed E-state index contributed by atoms with van der Waals surface area (Å²) in [5.74, 6) is 1.08. The molecule has 1 unspecified atom stereocenters. The molecule has 10 heteroatoms. The second-order valence-electron chi connectivity index (χ2n) is 7.41. The summed E-state index contributed by atoms with van der Waals surface area (Å²) in [6.45, 7) is 5.30. The van der Waals surface area contributed by atoms with E-state index in [2.05, 4.69) is 29.4 Å². The number of nitro benzene ring substituents is 1. The zero-order chi connectivity index (χ0) is 19.8. The summed E-state index contributed by atoms with van der Waals surface area (Å²) >= 11 is 0. The molecule has 0 spiro atoms. The van der Waals surface area contributed by atoms with Gasteiger partial charge in [0.05, 0.1) is 16.7 Å². The second-order valence-corrected chi connectivity index (χ2v) is 7.41. The number of nitrogens with one attached hydrogen (secondary N) is 1. The van der Waals surface area contributed by atoms with Crippen LogP contribution in [0.1, 0.15) is 44.5 Å². The summed E-state index contributed by atoms with van der Waals surface area (Å²) in [6, 6.07) is 3.27. The van der Waals surface area contributed by atoms with E-state index in [-0.39, 0.29) is 30.2 Å². The quantitative estimate of drug-likeness (QED) is 0.634. The molecule has 2 aromatic rings. The molecule has 1 atom stereocenters. The van der Waals surface area contributed by atoms with Crippen LogP contribution >= 0.6 is 0 Å². The normalized spacial score (nSPS) is 19.2. The van der Waals surface area contributed by atoms with Crippen molar-refractivity contribution < 1.29 is 14.5 Å². The topological polar surface area (TPSA) is 115 Å². The summed E-state index contributed by atoms with van der Waals surface area (Å²) in [5.41, 5.74) is 0.917. The summed E-state index contributed by atoms with van der Waals surface area (Å²) < 4.78 is 7.38. The SMILES string of the molecule is CC(C)n1cnnc1C1CCCN(c2cc3c(cc2[N+](=O)[O-])OCC(=O)N3)C1. The van der Waals surface area contributed by atoms with Gasteiger partial charge in [-0.15, -0.1) is 10.2 Å². The first-order valence-corrected chi connectivity index (χ1v) is 9.33. The molecule has 148 valence electrons. The summed E-state index contributed by atoms with van der Waals surface area (Å²) in [4.78, 5) is 24.9. The lowest BCUT2D eigenvalue weighted by molar-refractivity contribution is -0.384. The average molecular weight is 386 g/mol. The molecule has 2 aliphatic rings. The minimum atomic E-state index is -0.407. The monoisotopic (exact) mass is 386 g/mol. The molecule has 1 saturated heterocycles. The van der Waals surface area contributed by atoms with Crippen LogP contribution in [0, 0.1) is 10.1 Å². The first-order chi connectivity index (χ1) is 13.4. The Labute approximate surface area is 161 Å². The molecule has 28 heavy (non-hydrogen) atoms. The number of carbonyl (C=O) groups is 1. The van der Waals surface area contributed by atoms with Crippen molar-refractivity contribution >= 4 is 23.0 Å². The van der Waals surface area contributed by atoms with Crippen molar-refractivity contribution in [2.75, 3.05) is 29.9 Å². The van der Waals surface area contributed by atoms with E-state index in [4.69, 9.17) is 4.74 Å². The Morgan fingerprint density at radius 3 is 2.96 bits per heavy atom. The Morgan fingerprint density at radius 1 is 1.39 bits per heavy atom. The highest BCUT2D eigenvalue weighted by atomic mass is 16.6. The number of rotatable bonds is 4. The largest absolute Gasteiger partial charge is 0.481 e. The van der Waals surface area contributed by atoms with Gasteiger partial charge in [-0.25, -0.2) is 0 Å². The first kappa shape index (κ1) is 18.2. The lowest BCUT2D eigenvalue weighted by Crippen LogP contribution is -2.36. The van der Waals surface area contributed by atoms with E-state index in [1.165, 1.54) is 6.07 Å². The Morgan fingerprint density at radius 2 is 2.21 bits per heavy atom. The Balaban J connectivity index is 1.68. The molecule has 1 aromatic carbocycles. The maximum absolute atomic E-state index is 11.7. The third-order valence-electron chi connectivity index (χ3n) is 5.19. The number of nitrogens with zero attached hydrogens (tertiary/aromatic N) is 5. The lowest BCUT2D eigenvalue weighted by Gasteiger charge is -2.34. The van der Waals surface area contributed by atoms with Crippen LogP contribution in [-0.2, 0) is 4.79 Å². The van der Waals surface area contributed by atoms with Crippen molar-refractivity contribution in [2.45, 2.75) is 38.6 Å². The van der Waals surface area contributed by atoms with E-state index in [0.717, 1.165) is 18.7 Å². The van der Waals surface area contributed by atoms with Gasteiger partial charge in [0.25, 0.3) is 11.6 Å². The van der Waals surface area contributed by atoms with Gasteiger partial charge in [0.1, 0.15) is 17.8 Å². The van der Waals surface area contributed by atoms with Crippen molar-refractivity contribution in [3.05, 3.63) is 34.4 Å². The van der Waals surface area contributed by atoms with Crippen LogP contribution in [-0.4, -0.2) is 45.3 Å². The van der Waals surface area contributed by atoms with Crippen LogP contribution in [0.25, 0.3) is 0 Å². The van der Waals surface area contributed by atoms with Crippen LogP contribution in [0.2, 0.25) is 0 Å². The summed E-state index contributed by atoms with van der Waals surface area (Å²) in [7, 11) is 0. The summed E-state index contributed by atoms with van der Waals surface area (Å²) in [6.07, 6.45) is 3.56. The zero-order valence-electron chi connectivity index (χ0n) is 15.8. The molecule has 0 bridgehead atoms. The van der Waals surface area contributed by atoms with E-state index >= 15 is 0 Å². The third kappa shape index (κ3) is 3.25. The zero-order valence-corrected chi connectivity index (χ0v) is 15.8. The fourth-order valence-corrected chi connectivity index (χ4v) is 3.85. The molecule has 1 fully saturated rings. The fraction of sp³-hybridized carbons (Fsp3) is 0.500. The van der Waals surface area contributed by atoms with E-state index in [9.17, 15) is 14.9 Å². The number of amides is 1. The number of fused-ring (bicyclic) bond motifs is 1. The maximum atomic E-state index is 11.7. The highest BCUT2D eigenvalue weighted by Crippen LogP contribution is 2.41. The van der Waals surface area contributed by atoms with Crippen LogP contribution < -0.4 is 15.0 Å². The molecular weight excluding hydrogens is 364 g/mol. The molecule has 2 aliphatic heterocycles. The van der Waals surface area contributed by atoms with Crippen LogP contribution in [0.4, 0.5) is 17.1 Å². The molecule has 1 N–H and O–H groups in total. The predicted octanol–water partition coefficient (Wildman–Crippen LogP) is 2.48. The number of aromatic nitrogens is 3. The Kier molecular flexibility index (Phi) is 4.62.